The molecular formula is C16H18N2O3S2. The molecule has 1 aromatic heterocycles. The Labute approximate surface area is 139 Å². The highest BCUT2D eigenvalue weighted by atomic mass is 32.2. The zero-order valence-corrected chi connectivity index (χ0v) is 14.6. The van der Waals surface area contributed by atoms with Gasteiger partial charge >= 0.3 is 0 Å². The first kappa shape index (κ1) is 16.0. The van der Waals surface area contributed by atoms with E-state index in [0.717, 1.165) is 41.6 Å². The van der Waals surface area contributed by atoms with Crippen molar-refractivity contribution in [1.82, 2.24) is 0 Å². The van der Waals surface area contributed by atoms with E-state index in [4.69, 9.17) is 0 Å². The fraction of sp³-hybridized carbons (Fsp3) is 0.312. The SMILES string of the molecule is CNc1sc2c(c1C(=O)Nc1ccc(S(C)(=O)=O)cc1)CCC2. The van der Waals surface area contributed by atoms with Crippen molar-refractivity contribution in [3.63, 3.8) is 0 Å². The summed E-state index contributed by atoms with van der Waals surface area (Å²) in [5.41, 5.74) is 2.45. The topological polar surface area (TPSA) is 75.3 Å². The van der Waals surface area contributed by atoms with Crippen molar-refractivity contribution < 1.29 is 13.2 Å². The number of fused-ring (bicyclic) bond motifs is 1. The van der Waals surface area contributed by atoms with E-state index < -0.39 is 9.84 Å². The number of anilines is 2. The van der Waals surface area contributed by atoms with Crippen molar-refractivity contribution in [2.24, 2.45) is 0 Å². The highest BCUT2D eigenvalue weighted by Crippen LogP contribution is 2.39. The molecule has 7 heteroatoms. The summed E-state index contributed by atoms with van der Waals surface area (Å²) in [5.74, 6) is -0.152. The number of thiophene rings is 1. The predicted octanol–water partition coefficient (Wildman–Crippen LogP) is 2.93. The molecule has 0 aliphatic heterocycles. The monoisotopic (exact) mass is 350 g/mol. The van der Waals surface area contributed by atoms with Gasteiger partial charge in [-0.1, -0.05) is 0 Å². The van der Waals surface area contributed by atoms with Gasteiger partial charge in [-0.3, -0.25) is 4.79 Å². The molecule has 2 aromatic rings. The van der Waals surface area contributed by atoms with E-state index in [-0.39, 0.29) is 10.8 Å². The van der Waals surface area contributed by atoms with Crippen LogP contribution in [0, 0.1) is 0 Å². The molecule has 122 valence electrons. The van der Waals surface area contributed by atoms with E-state index >= 15 is 0 Å². The summed E-state index contributed by atoms with van der Waals surface area (Å²) in [5, 5.41) is 6.85. The van der Waals surface area contributed by atoms with Gasteiger partial charge in [-0.15, -0.1) is 11.3 Å². The molecule has 0 bridgehead atoms. The summed E-state index contributed by atoms with van der Waals surface area (Å²) in [4.78, 5) is 14.2. The lowest BCUT2D eigenvalue weighted by molar-refractivity contribution is 0.102. The third kappa shape index (κ3) is 3.11. The summed E-state index contributed by atoms with van der Waals surface area (Å²) in [6, 6.07) is 6.23. The van der Waals surface area contributed by atoms with Gasteiger partial charge in [0.05, 0.1) is 10.5 Å². The molecule has 1 amide bonds. The zero-order chi connectivity index (χ0) is 16.6. The lowest BCUT2D eigenvalue weighted by Gasteiger charge is -2.08. The number of hydrogen-bond donors (Lipinski definition) is 2. The number of carbonyl (C=O) groups is 1. The van der Waals surface area contributed by atoms with Crippen molar-refractivity contribution in [3.05, 3.63) is 40.3 Å². The van der Waals surface area contributed by atoms with Gasteiger partial charge in [-0.25, -0.2) is 8.42 Å². The van der Waals surface area contributed by atoms with Crippen LogP contribution in [-0.4, -0.2) is 27.6 Å². The molecule has 0 radical (unpaired) electrons. The highest BCUT2D eigenvalue weighted by Gasteiger charge is 2.26. The summed E-state index contributed by atoms with van der Waals surface area (Å²) in [6.45, 7) is 0. The maximum Gasteiger partial charge on any atom is 0.258 e. The minimum Gasteiger partial charge on any atom is -0.379 e. The van der Waals surface area contributed by atoms with Crippen molar-refractivity contribution in [2.45, 2.75) is 24.2 Å². The maximum atomic E-state index is 12.6. The van der Waals surface area contributed by atoms with Gasteiger partial charge in [0, 0.05) is 23.9 Å². The fourth-order valence-corrected chi connectivity index (χ4v) is 4.67. The molecule has 0 saturated carbocycles. The van der Waals surface area contributed by atoms with Crippen LogP contribution in [0.3, 0.4) is 0 Å². The molecule has 0 atom stereocenters. The van der Waals surface area contributed by atoms with Crippen LogP contribution in [0.2, 0.25) is 0 Å². The van der Waals surface area contributed by atoms with Crippen LogP contribution >= 0.6 is 11.3 Å². The molecule has 1 aromatic carbocycles. The minimum absolute atomic E-state index is 0.152. The quantitative estimate of drug-likeness (QED) is 0.889. The third-order valence-corrected chi connectivity index (χ3v) is 6.35. The number of amides is 1. The van der Waals surface area contributed by atoms with Crippen LogP contribution in [0.5, 0.6) is 0 Å². The second kappa shape index (κ2) is 5.98. The van der Waals surface area contributed by atoms with Crippen LogP contribution in [0.15, 0.2) is 29.2 Å². The Morgan fingerprint density at radius 1 is 1.17 bits per heavy atom. The molecular weight excluding hydrogens is 332 g/mol. The fourth-order valence-electron chi connectivity index (χ4n) is 2.80. The number of hydrogen-bond acceptors (Lipinski definition) is 5. The highest BCUT2D eigenvalue weighted by molar-refractivity contribution is 7.90. The number of aryl methyl sites for hydroxylation is 1. The molecule has 23 heavy (non-hydrogen) atoms. The molecule has 1 aliphatic carbocycles. The first-order valence-electron chi connectivity index (χ1n) is 7.34. The Morgan fingerprint density at radius 2 is 1.87 bits per heavy atom. The molecule has 0 unspecified atom stereocenters. The smallest absolute Gasteiger partial charge is 0.258 e. The van der Waals surface area contributed by atoms with E-state index in [1.807, 2.05) is 7.05 Å². The maximum absolute atomic E-state index is 12.6. The van der Waals surface area contributed by atoms with Crippen molar-refractivity contribution in [3.8, 4) is 0 Å². The van der Waals surface area contributed by atoms with Crippen LogP contribution in [0.25, 0.3) is 0 Å². The average molecular weight is 350 g/mol. The first-order chi connectivity index (χ1) is 10.9. The van der Waals surface area contributed by atoms with Gasteiger partial charge < -0.3 is 10.6 Å². The predicted molar refractivity (Wildman–Crippen MR) is 93.4 cm³/mol. The van der Waals surface area contributed by atoms with E-state index in [1.165, 1.54) is 17.0 Å². The summed E-state index contributed by atoms with van der Waals surface area (Å²) in [7, 11) is -1.41. The van der Waals surface area contributed by atoms with Crippen LogP contribution < -0.4 is 10.6 Å². The lowest BCUT2D eigenvalue weighted by Crippen LogP contribution is -2.14. The van der Waals surface area contributed by atoms with Gasteiger partial charge in [-0.05, 0) is 49.1 Å². The van der Waals surface area contributed by atoms with Crippen molar-refractivity contribution >= 4 is 37.8 Å². The number of benzene rings is 1. The number of carbonyl (C=O) groups excluding carboxylic acids is 1. The molecule has 2 N–H and O–H groups in total. The molecule has 0 fully saturated rings. The molecule has 5 nitrogen and oxygen atoms in total. The third-order valence-electron chi connectivity index (χ3n) is 3.92. The second-order valence-electron chi connectivity index (χ2n) is 5.56. The Morgan fingerprint density at radius 3 is 2.48 bits per heavy atom. The molecule has 3 rings (SSSR count). The van der Waals surface area contributed by atoms with Gasteiger partial charge in [0.25, 0.3) is 5.91 Å². The first-order valence-corrected chi connectivity index (χ1v) is 10.0. The van der Waals surface area contributed by atoms with Crippen LogP contribution in [-0.2, 0) is 22.7 Å². The van der Waals surface area contributed by atoms with Crippen LogP contribution in [0.1, 0.15) is 27.2 Å². The Bertz CT molecular complexity index is 852. The standard InChI is InChI=1S/C16H18N2O3S2/c1-17-16-14(12-4-3-5-13(12)22-16)15(19)18-10-6-8-11(9-7-10)23(2,20)21/h6-9,17H,3-5H2,1-2H3,(H,18,19). The zero-order valence-electron chi connectivity index (χ0n) is 13.0. The summed E-state index contributed by atoms with van der Waals surface area (Å²) >= 11 is 1.64. The Balaban J connectivity index is 1.85. The van der Waals surface area contributed by atoms with Gasteiger partial charge in [-0.2, -0.15) is 0 Å². The van der Waals surface area contributed by atoms with Crippen molar-refractivity contribution in [1.29, 1.82) is 0 Å². The van der Waals surface area contributed by atoms with Gasteiger partial charge in [0.1, 0.15) is 5.00 Å². The van der Waals surface area contributed by atoms with Gasteiger partial charge in [0.2, 0.25) is 0 Å². The van der Waals surface area contributed by atoms with E-state index in [1.54, 1.807) is 23.5 Å². The van der Waals surface area contributed by atoms with E-state index in [0.29, 0.717) is 5.69 Å². The second-order valence-corrected chi connectivity index (χ2v) is 8.68. The normalized spacial score (nSPS) is 13.7. The number of nitrogens with one attached hydrogen (secondary N) is 2. The molecule has 1 heterocycles. The van der Waals surface area contributed by atoms with Gasteiger partial charge in [0.15, 0.2) is 9.84 Å². The van der Waals surface area contributed by atoms with E-state index in [2.05, 4.69) is 10.6 Å². The largest absolute Gasteiger partial charge is 0.379 e. The van der Waals surface area contributed by atoms with Crippen LogP contribution in [0.4, 0.5) is 10.7 Å². The summed E-state index contributed by atoms with van der Waals surface area (Å²) < 4.78 is 22.9. The average Bonchev–Trinajstić information content (AvgIpc) is 3.06. The Kier molecular flexibility index (Phi) is 4.16. The van der Waals surface area contributed by atoms with E-state index in [9.17, 15) is 13.2 Å². The Hall–Kier alpha value is -1.86. The molecule has 0 spiro atoms. The molecule has 1 aliphatic rings. The van der Waals surface area contributed by atoms with Crippen molar-refractivity contribution in [2.75, 3.05) is 23.9 Å². The summed E-state index contributed by atoms with van der Waals surface area (Å²) in [6.07, 6.45) is 4.22. The minimum atomic E-state index is -3.23. The lowest BCUT2D eigenvalue weighted by atomic mass is 10.1. The number of sulfone groups is 1. The molecule has 0 saturated heterocycles. The number of rotatable bonds is 4.